The standard InChI is InChI=1S/C15H26N4S/c1-6-16-14(19-12-9-15(12,4)5)17-8-7-13-18-10(2)11(3)20-13/h12H,6-9H2,1-5H3,(H2,16,17,19). The van der Waals surface area contributed by atoms with Crippen LogP contribution in [0.1, 0.15) is 42.8 Å². The first-order valence-corrected chi connectivity index (χ1v) is 8.22. The molecule has 2 rings (SSSR count). The minimum absolute atomic E-state index is 0.416. The van der Waals surface area contributed by atoms with Gasteiger partial charge in [-0.25, -0.2) is 4.98 Å². The lowest BCUT2D eigenvalue weighted by atomic mass is 10.2. The van der Waals surface area contributed by atoms with E-state index in [1.165, 1.54) is 16.3 Å². The Kier molecular flexibility index (Phi) is 4.68. The molecular formula is C15H26N4S. The third kappa shape index (κ3) is 3.95. The van der Waals surface area contributed by atoms with E-state index in [1.807, 2.05) is 0 Å². The maximum atomic E-state index is 4.65. The van der Waals surface area contributed by atoms with Crippen LogP contribution >= 0.6 is 11.3 Å². The largest absolute Gasteiger partial charge is 0.357 e. The fraction of sp³-hybridized carbons (Fsp3) is 0.733. The molecule has 20 heavy (non-hydrogen) atoms. The number of aliphatic imine (C=N–C) groups is 1. The maximum absolute atomic E-state index is 4.65. The molecule has 1 heterocycles. The number of nitrogens with one attached hydrogen (secondary N) is 2. The van der Waals surface area contributed by atoms with Crippen molar-refractivity contribution in [1.82, 2.24) is 15.6 Å². The van der Waals surface area contributed by atoms with Crippen molar-refractivity contribution in [1.29, 1.82) is 0 Å². The number of rotatable bonds is 5. The molecule has 1 aliphatic rings. The minimum atomic E-state index is 0.416. The second-order valence-corrected chi connectivity index (χ2v) is 7.44. The van der Waals surface area contributed by atoms with Crippen LogP contribution in [0, 0.1) is 19.3 Å². The Morgan fingerprint density at radius 3 is 2.65 bits per heavy atom. The Bertz CT molecular complexity index is 471. The number of thiazole rings is 1. The second-order valence-electron chi connectivity index (χ2n) is 6.15. The zero-order valence-electron chi connectivity index (χ0n) is 13.2. The van der Waals surface area contributed by atoms with Crippen LogP contribution in [0.4, 0.5) is 0 Å². The topological polar surface area (TPSA) is 49.3 Å². The highest BCUT2D eigenvalue weighted by Crippen LogP contribution is 2.44. The van der Waals surface area contributed by atoms with Gasteiger partial charge in [-0.05, 0) is 32.6 Å². The predicted octanol–water partition coefficient (Wildman–Crippen LogP) is 2.66. The quantitative estimate of drug-likeness (QED) is 0.648. The molecule has 0 aliphatic heterocycles. The van der Waals surface area contributed by atoms with Gasteiger partial charge in [-0.15, -0.1) is 11.3 Å². The van der Waals surface area contributed by atoms with Crippen molar-refractivity contribution in [3.63, 3.8) is 0 Å². The molecule has 1 aromatic rings. The summed E-state index contributed by atoms with van der Waals surface area (Å²) in [6.07, 6.45) is 2.15. The summed E-state index contributed by atoms with van der Waals surface area (Å²) in [6.45, 7) is 12.6. The first-order chi connectivity index (χ1) is 9.42. The van der Waals surface area contributed by atoms with E-state index in [2.05, 4.69) is 55.2 Å². The SMILES string of the molecule is CCNC(=NCCc1nc(C)c(C)s1)NC1CC1(C)C. The van der Waals surface area contributed by atoms with Crippen molar-refractivity contribution in [3.8, 4) is 0 Å². The highest BCUT2D eigenvalue weighted by Gasteiger charge is 2.46. The zero-order chi connectivity index (χ0) is 14.8. The van der Waals surface area contributed by atoms with Crippen molar-refractivity contribution in [2.75, 3.05) is 13.1 Å². The molecule has 0 saturated heterocycles. The van der Waals surface area contributed by atoms with E-state index in [0.717, 1.165) is 31.2 Å². The lowest BCUT2D eigenvalue weighted by molar-refractivity contribution is 0.589. The van der Waals surface area contributed by atoms with Gasteiger partial charge in [0, 0.05) is 30.4 Å². The molecule has 2 N–H and O–H groups in total. The number of nitrogens with zero attached hydrogens (tertiary/aromatic N) is 2. The number of hydrogen-bond acceptors (Lipinski definition) is 3. The average molecular weight is 294 g/mol. The zero-order valence-corrected chi connectivity index (χ0v) is 14.0. The molecule has 112 valence electrons. The van der Waals surface area contributed by atoms with Gasteiger partial charge < -0.3 is 10.6 Å². The smallest absolute Gasteiger partial charge is 0.191 e. The van der Waals surface area contributed by atoms with Gasteiger partial charge in [-0.3, -0.25) is 4.99 Å². The van der Waals surface area contributed by atoms with Gasteiger partial charge in [-0.2, -0.15) is 0 Å². The number of aromatic nitrogens is 1. The van der Waals surface area contributed by atoms with E-state index in [0.29, 0.717) is 11.5 Å². The van der Waals surface area contributed by atoms with Gasteiger partial charge in [-0.1, -0.05) is 13.8 Å². The molecule has 1 aromatic heterocycles. The van der Waals surface area contributed by atoms with E-state index in [4.69, 9.17) is 0 Å². The van der Waals surface area contributed by atoms with Gasteiger partial charge in [0.05, 0.1) is 10.7 Å². The summed E-state index contributed by atoms with van der Waals surface area (Å²) >= 11 is 1.78. The minimum Gasteiger partial charge on any atom is -0.357 e. The monoisotopic (exact) mass is 294 g/mol. The summed E-state index contributed by atoms with van der Waals surface area (Å²) in [6, 6.07) is 0.560. The van der Waals surface area contributed by atoms with Crippen molar-refractivity contribution < 1.29 is 0 Å². The Labute approximate surface area is 126 Å². The highest BCUT2D eigenvalue weighted by atomic mass is 32.1. The van der Waals surface area contributed by atoms with Crippen LogP contribution in [0.3, 0.4) is 0 Å². The summed E-state index contributed by atoms with van der Waals surface area (Å²) in [5, 5.41) is 8.01. The van der Waals surface area contributed by atoms with Crippen molar-refractivity contribution >= 4 is 17.3 Å². The molecule has 0 amide bonds. The Morgan fingerprint density at radius 2 is 2.15 bits per heavy atom. The molecule has 0 bridgehead atoms. The number of aryl methyl sites for hydroxylation is 2. The fourth-order valence-electron chi connectivity index (χ4n) is 2.11. The molecule has 0 aromatic carbocycles. The Balaban J connectivity index is 1.85. The summed E-state index contributed by atoms with van der Waals surface area (Å²) < 4.78 is 0. The van der Waals surface area contributed by atoms with E-state index >= 15 is 0 Å². The molecule has 1 atom stereocenters. The molecule has 0 radical (unpaired) electrons. The first kappa shape index (κ1) is 15.3. The predicted molar refractivity (Wildman–Crippen MR) is 86.6 cm³/mol. The van der Waals surface area contributed by atoms with Crippen molar-refractivity contribution in [3.05, 3.63) is 15.6 Å². The molecule has 1 unspecified atom stereocenters. The van der Waals surface area contributed by atoms with Crippen LogP contribution < -0.4 is 10.6 Å². The molecule has 1 saturated carbocycles. The highest BCUT2D eigenvalue weighted by molar-refractivity contribution is 7.11. The second kappa shape index (κ2) is 6.12. The van der Waals surface area contributed by atoms with Gasteiger partial charge in [0.15, 0.2) is 5.96 Å². The average Bonchev–Trinajstić information content (AvgIpc) is 2.82. The Morgan fingerprint density at radius 1 is 1.45 bits per heavy atom. The maximum Gasteiger partial charge on any atom is 0.191 e. The van der Waals surface area contributed by atoms with Gasteiger partial charge in [0.1, 0.15) is 0 Å². The lowest BCUT2D eigenvalue weighted by Gasteiger charge is -2.12. The number of guanidine groups is 1. The molecule has 1 fully saturated rings. The van der Waals surface area contributed by atoms with Gasteiger partial charge >= 0.3 is 0 Å². The molecule has 0 spiro atoms. The normalized spacial score (nSPS) is 20.9. The lowest BCUT2D eigenvalue weighted by Crippen LogP contribution is -2.40. The first-order valence-electron chi connectivity index (χ1n) is 7.40. The molecule has 5 heteroatoms. The number of hydrogen-bond donors (Lipinski definition) is 2. The van der Waals surface area contributed by atoms with E-state index in [9.17, 15) is 0 Å². The van der Waals surface area contributed by atoms with Gasteiger partial charge in [0.25, 0.3) is 0 Å². The van der Waals surface area contributed by atoms with Gasteiger partial charge in [0.2, 0.25) is 0 Å². The van der Waals surface area contributed by atoms with Crippen LogP contribution in [0.2, 0.25) is 0 Å². The molecule has 4 nitrogen and oxygen atoms in total. The summed E-state index contributed by atoms with van der Waals surface area (Å²) in [7, 11) is 0. The van der Waals surface area contributed by atoms with Crippen LogP contribution in [0.5, 0.6) is 0 Å². The van der Waals surface area contributed by atoms with Crippen LogP contribution in [-0.2, 0) is 6.42 Å². The summed E-state index contributed by atoms with van der Waals surface area (Å²) in [5.74, 6) is 0.938. The third-order valence-electron chi connectivity index (χ3n) is 3.84. The van der Waals surface area contributed by atoms with Crippen molar-refractivity contribution in [2.45, 2.75) is 53.5 Å². The van der Waals surface area contributed by atoms with Crippen LogP contribution in [0.15, 0.2) is 4.99 Å². The molecular weight excluding hydrogens is 268 g/mol. The summed E-state index contributed by atoms with van der Waals surface area (Å²) in [5.41, 5.74) is 1.57. The Hall–Kier alpha value is -1.10. The van der Waals surface area contributed by atoms with Crippen LogP contribution in [0.25, 0.3) is 0 Å². The molecule has 1 aliphatic carbocycles. The third-order valence-corrected chi connectivity index (χ3v) is 4.97. The van der Waals surface area contributed by atoms with E-state index in [-0.39, 0.29) is 0 Å². The van der Waals surface area contributed by atoms with Crippen molar-refractivity contribution in [2.24, 2.45) is 10.4 Å². The van der Waals surface area contributed by atoms with Crippen LogP contribution in [-0.4, -0.2) is 30.1 Å². The van der Waals surface area contributed by atoms with E-state index in [1.54, 1.807) is 11.3 Å². The fourth-order valence-corrected chi connectivity index (χ4v) is 3.03. The summed E-state index contributed by atoms with van der Waals surface area (Å²) in [4.78, 5) is 10.5. The van der Waals surface area contributed by atoms with E-state index < -0.39 is 0 Å².